The summed E-state index contributed by atoms with van der Waals surface area (Å²) in [5.74, 6) is -0.699. The van der Waals surface area contributed by atoms with Crippen molar-refractivity contribution in [2.45, 2.75) is 78.1 Å². The van der Waals surface area contributed by atoms with E-state index in [1.54, 1.807) is 47.2 Å². The number of ether oxygens (including phenoxy) is 4. The second kappa shape index (κ2) is 20.8. The van der Waals surface area contributed by atoms with Crippen molar-refractivity contribution in [1.29, 1.82) is 0 Å². The van der Waals surface area contributed by atoms with Crippen LogP contribution in [-0.4, -0.2) is 131 Å². The van der Waals surface area contributed by atoms with Crippen molar-refractivity contribution in [2.24, 2.45) is 16.2 Å². The molecule has 354 valence electrons. The fourth-order valence-corrected chi connectivity index (χ4v) is 9.77. The number of rotatable bonds is 22. The van der Waals surface area contributed by atoms with Crippen molar-refractivity contribution < 1.29 is 48.3 Å². The van der Waals surface area contributed by atoms with Crippen molar-refractivity contribution in [3.63, 3.8) is 0 Å². The van der Waals surface area contributed by atoms with Gasteiger partial charge in [-0.2, -0.15) is 0 Å². The number of carbonyl (C=O) groups excluding carboxylic acids is 4. The lowest BCUT2D eigenvalue weighted by molar-refractivity contribution is -0.217. The number of aromatic hydroxyl groups is 1. The molecule has 19 heteroatoms. The Morgan fingerprint density at radius 1 is 0.955 bits per heavy atom. The van der Waals surface area contributed by atoms with Gasteiger partial charge in [0.15, 0.2) is 11.6 Å². The molecular weight excluding hydrogens is 869 g/mol. The molecule has 4 aromatic rings. The summed E-state index contributed by atoms with van der Waals surface area (Å²) in [5.41, 5.74) is 10.5. The van der Waals surface area contributed by atoms with Gasteiger partial charge < -0.3 is 55.7 Å². The second-order valence-electron chi connectivity index (χ2n) is 18.6. The highest BCUT2D eigenvalue weighted by molar-refractivity contribution is 7.13. The summed E-state index contributed by atoms with van der Waals surface area (Å²) in [4.78, 5) is 60.0. The van der Waals surface area contributed by atoms with Crippen LogP contribution in [0.25, 0.3) is 21.7 Å². The smallest absolute Gasteiger partial charge is 0.246 e. The summed E-state index contributed by atoms with van der Waals surface area (Å²) >= 11 is 1.57. The van der Waals surface area contributed by atoms with Crippen LogP contribution < -0.4 is 26.4 Å². The van der Waals surface area contributed by atoms with Crippen molar-refractivity contribution in [1.82, 2.24) is 36.0 Å². The van der Waals surface area contributed by atoms with Gasteiger partial charge in [-0.15, -0.1) is 21.5 Å². The van der Waals surface area contributed by atoms with Crippen molar-refractivity contribution in [3.05, 3.63) is 71.4 Å². The number of nitrogens with one attached hydrogen (secondary N) is 3. The number of aliphatic hydroxyl groups is 1. The molecule has 0 radical (unpaired) electrons. The average molecular weight is 929 g/mol. The molecule has 1 saturated heterocycles. The topological polar surface area (TPSA) is 250 Å². The molecule has 0 spiro atoms. The summed E-state index contributed by atoms with van der Waals surface area (Å²) in [7, 11) is 0. The monoisotopic (exact) mass is 928 g/mol. The highest BCUT2D eigenvalue weighted by atomic mass is 32.1. The standard InChI is InChI=1S/C47H60N8O10S/c1-29-39(66-28-51-29)31-11-9-30(10-12-31)21-50-42(59)35-19-32(56)22-55(35)43(60)40(45(2,3)4)52-38(58)23-64-18-17-63-16-15-62-14-13-49-44(61)47-24-46(25-47,26-47)27-65-37-20-34(53-54-41(37)48)33-7-5-6-8-36(33)57/h5-12,20,28,32,35,40,56-57H,13-19,21-27H2,1-4H3,(H2,48,54)(H,49,61)(H,50,59)(H,52,58)/t32-,35+,40-,46?,47?/m1/s1. The second-order valence-corrected chi connectivity index (χ2v) is 19.4. The average Bonchev–Trinajstić information content (AvgIpc) is 3.88. The number of aliphatic hydroxyl groups excluding tert-OH is 1. The lowest BCUT2D eigenvalue weighted by Crippen LogP contribution is -2.69. The van der Waals surface area contributed by atoms with E-state index in [0.29, 0.717) is 43.4 Å². The highest BCUT2D eigenvalue weighted by Crippen LogP contribution is 2.73. The van der Waals surface area contributed by atoms with Gasteiger partial charge in [-0.3, -0.25) is 19.2 Å². The number of thiazole rings is 1. The van der Waals surface area contributed by atoms with Gasteiger partial charge in [0.1, 0.15) is 30.1 Å². The van der Waals surface area contributed by atoms with Crippen molar-refractivity contribution >= 4 is 40.8 Å². The van der Waals surface area contributed by atoms with Gasteiger partial charge in [0.2, 0.25) is 23.6 Å². The van der Waals surface area contributed by atoms with E-state index in [4.69, 9.17) is 24.7 Å². The van der Waals surface area contributed by atoms with Gasteiger partial charge in [0.05, 0.1) is 67.2 Å². The van der Waals surface area contributed by atoms with E-state index < -0.39 is 35.4 Å². The third kappa shape index (κ3) is 11.4. The maximum Gasteiger partial charge on any atom is 0.246 e. The van der Waals surface area contributed by atoms with Crippen LogP contribution in [0.5, 0.6) is 11.5 Å². The number of aryl methyl sites for hydroxylation is 1. The van der Waals surface area contributed by atoms with Crippen molar-refractivity contribution in [2.75, 3.05) is 65.1 Å². The zero-order valence-electron chi connectivity index (χ0n) is 37.8. The zero-order valence-corrected chi connectivity index (χ0v) is 38.7. The SMILES string of the molecule is Cc1ncsc1-c1ccc(CNC(=O)[C@@H]2C[C@@H](O)CN2C(=O)[C@@H](NC(=O)COCCOCCOCCNC(=O)C23CC(COc4cc(-c5ccccc5O)nnc4N)(C2)C3)C(C)(C)C)cc1. The van der Waals surface area contributed by atoms with Crippen LogP contribution in [-0.2, 0) is 39.9 Å². The van der Waals surface area contributed by atoms with E-state index in [1.807, 2.05) is 52.0 Å². The molecule has 4 amide bonds. The lowest BCUT2D eigenvalue weighted by Gasteiger charge is -2.68. The summed E-state index contributed by atoms with van der Waals surface area (Å²) in [6.07, 6.45) is 1.38. The zero-order chi connectivity index (χ0) is 47.1. The van der Waals surface area contributed by atoms with Crippen LogP contribution in [0.2, 0.25) is 0 Å². The molecule has 7 N–H and O–H groups in total. The molecule has 3 atom stereocenters. The predicted molar refractivity (Wildman–Crippen MR) is 245 cm³/mol. The predicted octanol–water partition coefficient (Wildman–Crippen LogP) is 3.39. The maximum atomic E-state index is 13.9. The molecule has 18 nitrogen and oxygen atoms in total. The largest absolute Gasteiger partial charge is 0.507 e. The van der Waals surface area contributed by atoms with Gasteiger partial charge in [0, 0.05) is 43.1 Å². The minimum atomic E-state index is -0.977. The molecule has 8 rings (SSSR count). The Labute approximate surface area is 388 Å². The summed E-state index contributed by atoms with van der Waals surface area (Å²) < 4.78 is 22.7. The number of β-amino-alcohol motifs (C(OH)–C–C–N with tert-alkyl or cyclic N) is 1. The van der Waals surface area contributed by atoms with Gasteiger partial charge in [-0.05, 0) is 54.9 Å². The molecule has 3 saturated carbocycles. The minimum Gasteiger partial charge on any atom is -0.507 e. The number of phenols is 1. The molecule has 2 aromatic carbocycles. The fourth-order valence-electron chi connectivity index (χ4n) is 8.96. The van der Waals surface area contributed by atoms with E-state index in [1.165, 1.54) is 4.90 Å². The first kappa shape index (κ1) is 48.2. The van der Waals surface area contributed by atoms with Crippen LogP contribution >= 0.6 is 11.3 Å². The molecule has 2 bridgehead atoms. The van der Waals surface area contributed by atoms with Gasteiger partial charge in [-0.25, -0.2) is 4.98 Å². The number of aromatic nitrogens is 3. The third-order valence-corrected chi connectivity index (χ3v) is 13.3. The quantitative estimate of drug-likeness (QED) is 0.0619. The number of nitrogens with zero attached hydrogens (tertiary/aromatic N) is 4. The Hall–Kier alpha value is -5.73. The van der Waals surface area contributed by atoms with Gasteiger partial charge >= 0.3 is 0 Å². The molecule has 4 fully saturated rings. The number of hydrogen-bond acceptors (Lipinski definition) is 15. The fraction of sp³-hybridized carbons (Fsp3) is 0.511. The summed E-state index contributed by atoms with van der Waals surface area (Å²) in [5, 5.41) is 37.5. The Morgan fingerprint density at radius 2 is 1.65 bits per heavy atom. The number of nitrogen functional groups attached to an aromatic ring is 1. The number of hydrogen-bond donors (Lipinski definition) is 6. The third-order valence-electron chi connectivity index (χ3n) is 12.3. The molecule has 3 heterocycles. The molecule has 2 aromatic heterocycles. The Bertz CT molecular complexity index is 2330. The number of phenolic OH excluding ortho intramolecular Hbond substituents is 1. The molecule has 66 heavy (non-hydrogen) atoms. The number of amides is 4. The van der Waals surface area contributed by atoms with Gasteiger partial charge in [0.25, 0.3) is 0 Å². The lowest BCUT2D eigenvalue weighted by atomic mass is 9.35. The van der Waals surface area contributed by atoms with E-state index in [0.717, 1.165) is 41.0 Å². The Morgan fingerprint density at radius 3 is 2.33 bits per heavy atom. The molecular formula is C47H60N8O10S. The first-order valence-corrected chi connectivity index (χ1v) is 23.1. The van der Waals surface area contributed by atoms with Crippen LogP contribution in [0, 0.1) is 23.2 Å². The molecule has 3 aliphatic carbocycles. The maximum absolute atomic E-state index is 13.9. The highest BCUT2D eigenvalue weighted by Gasteiger charge is 2.71. The van der Waals surface area contributed by atoms with Gasteiger partial charge in [-0.1, -0.05) is 57.2 Å². The number of nitrogens with two attached hydrogens (primary N) is 1. The van der Waals surface area contributed by atoms with E-state index in [-0.39, 0.29) is 80.1 Å². The Kier molecular flexibility index (Phi) is 15.2. The summed E-state index contributed by atoms with van der Waals surface area (Å²) in [6.45, 7) is 9.37. The molecule has 4 aliphatic rings. The van der Waals surface area contributed by atoms with Crippen LogP contribution in [0.1, 0.15) is 57.7 Å². The summed E-state index contributed by atoms with van der Waals surface area (Å²) in [6, 6.07) is 14.5. The number of para-hydroxylation sites is 1. The molecule has 0 unspecified atom stereocenters. The first-order chi connectivity index (χ1) is 31.6. The first-order valence-electron chi connectivity index (χ1n) is 22.2. The number of benzene rings is 2. The van der Waals surface area contributed by atoms with Crippen molar-refractivity contribution in [3.8, 4) is 33.2 Å². The number of anilines is 1. The number of likely N-dealkylation sites (tertiary alicyclic amines) is 1. The van der Waals surface area contributed by atoms with Crippen LogP contribution in [0.4, 0.5) is 5.82 Å². The normalized spacial score (nSPS) is 21.3. The van der Waals surface area contributed by atoms with Crippen LogP contribution in [0.3, 0.4) is 0 Å². The number of carbonyl (C=O) groups is 4. The minimum absolute atomic E-state index is 0.00840. The Balaban J connectivity index is 0.733. The van der Waals surface area contributed by atoms with E-state index in [2.05, 4.69) is 31.1 Å². The molecule has 1 aliphatic heterocycles. The van der Waals surface area contributed by atoms with E-state index in [9.17, 15) is 29.4 Å². The van der Waals surface area contributed by atoms with Crippen LogP contribution in [0.15, 0.2) is 60.1 Å². The van der Waals surface area contributed by atoms with E-state index >= 15 is 0 Å².